The molecule has 0 spiro atoms. The van der Waals surface area contributed by atoms with Gasteiger partial charge in [-0.25, -0.2) is 4.68 Å². The van der Waals surface area contributed by atoms with E-state index in [-0.39, 0.29) is 0 Å². The van der Waals surface area contributed by atoms with Gasteiger partial charge in [-0.1, -0.05) is 46.6 Å². The number of ether oxygens (including phenoxy) is 1. The monoisotopic (exact) mass is 430 g/mol. The molecule has 0 N–H and O–H groups in total. The zero-order valence-electron chi connectivity index (χ0n) is 16.6. The molecule has 0 bridgehead atoms. The summed E-state index contributed by atoms with van der Waals surface area (Å²) in [4.78, 5) is 2.47. The van der Waals surface area contributed by atoms with E-state index in [0.717, 1.165) is 42.1 Å². The third-order valence-corrected chi connectivity index (χ3v) is 5.96. The molecular formula is C22H24Cl2N4O. The summed E-state index contributed by atoms with van der Waals surface area (Å²) in [5.41, 5.74) is 2.61. The van der Waals surface area contributed by atoms with Crippen LogP contribution in [0, 0.1) is 0 Å². The van der Waals surface area contributed by atoms with Crippen molar-refractivity contribution in [2.75, 3.05) is 13.1 Å². The lowest BCUT2D eigenvalue weighted by Gasteiger charge is -2.19. The summed E-state index contributed by atoms with van der Waals surface area (Å²) in [6.45, 7) is 6.92. The van der Waals surface area contributed by atoms with Crippen molar-refractivity contribution in [1.29, 1.82) is 0 Å². The van der Waals surface area contributed by atoms with Gasteiger partial charge in [-0.15, -0.1) is 5.10 Å². The molecule has 2 heterocycles. The average molecular weight is 431 g/mol. The Hall–Kier alpha value is -2.08. The van der Waals surface area contributed by atoms with Gasteiger partial charge in [0, 0.05) is 40.3 Å². The number of rotatable bonds is 6. The summed E-state index contributed by atoms with van der Waals surface area (Å²) < 4.78 is 8.06. The average Bonchev–Trinajstić information content (AvgIpc) is 3.37. The second-order valence-corrected chi connectivity index (χ2v) is 8.48. The quantitative estimate of drug-likeness (QED) is 0.518. The molecule has 1 fully saturated rings. The second kappa shape index (κ2) is 8.74. The van der Waals surface area contributed by atoms with E-state index in [2.05, 4.69) is 29.1 Å². The molecule has 2 aromatic carbocycles. The fourth-order valence-corrected chi connectivity index (χ4v) is 4.09. The van der Waals surface area contributed by atoms with E-state index in [1.807, 2.05) is 47.3 Å². The maximum atomic E-state index is 6.27. The highest BCUT2D eigenvalue weighted by Gasteiger charge is 2.26. The lowest BCUT2D eigenvalue weighted by atomic mass is 10.1. The Labute approximate surface area is 181 Å². The highest BCUT2D eigenvalue weighted by atomic mass is 35.5. The molecule has 1 aromatic heterocycles. The molecule has 1 aliphatic heterocycles. The SMILES string of the molecule is CC(C)N1CCC(n2cc(-c3ccccc3OCc3ccc(Cl)cc3Cl)nn2)C1. The number of para-hydroxylation sites is 1. The van der Waals surface area contributed by atoms with Crippen molar-refractivity contribution in [3.05, 3.63) is 64.3 Å². The first-order chi connectivity index (χ1) is 14.0. The summed E-state index contributed by atoms with van der Waals surface area (Å²) in [5, 5.41) is 10.0. The number of hydrogen-bond acceptors (Lipinski definition) is 4. The summed E-state index contributed by atoms with van der Waals surface area (Å²) >= 11 is 12.2. The van der Waals surface area contributed by atoms with Gasteiger partial charge in [-0.3, -0.25) is 4.90 Å². The Morgan fingerprint density at radius 3 is 2.76 bits per heavy atom. The molecule has 3 aromatic rings. The fraction of sp³-hybridized carbons (Fsp3) is 0.364. The summed E-state index contributed by atoms with van der Waals surface area (Å²) in [6, 6.07) is 14.2. The molecule has 152 valence electrons. The van der Waals surface area contributed by atoms with Crippen LogP contribution in [-0.4, -0.2) is 39.0 Å². The zero-order valence-corrected chi connectivity index (χ0v) is 18.1. The van der Waals surface area contributed by atoms with E-state index in [4.69, 9.17) is 27.9 Å². The highest BCUT2D eigenvalue weighted by molar-refractivity contribution is 6.35. The van der Waals surface area contributed by atoms with Gasteiger partial charge in [0.25, 0.3) is 0 Å². The smallest absolute Gasteiger partial charge is 0.129 e. The normalized spacial score (nSPS) is 17.2. The maximum Gasteiger partial charge on any atom is 0.129 e. The van der Waals surface area contributed by atoms with Crippen LogP contribution in [0.5, 0.6) is 5.75 Å². The number of benzene rings is 2. The van der Waals surface area contributed by atoms with E-state index in [1.165, 1.54) is 0 Å². The van der Waals surface area contributed by atoms with Gasteiger partial charge in [0.15, 0.2) is 0 Å². The van der Waals surface area contributed by atoms with Crippen LogP contribution in [0.4, 0.5) is 0 Å². The van der Waals surface area contributed by atoms with Crippen molar-refractivity contribution >= 4 is 23.2 Å². The van der Waals surface area contributed by atoms with Crippen molar-refractivity contribution in [1.82, 2.24) is 19.9 Å². The lowest BCUT2D eigenvalue weighted by molar-refractivity contribution is 0.262. The van der Waals surface area contributed by atoms with Crippen LogP contribution >= 0.6 is 23.2 Å². The van der Waals surface area contributed by atoms with Crippen LogP contribution in [0.2, 0.25) is 10.0 Å². The topological polar surface area (TPSA) is 43.2 Å². The first-order valence-electron chi connectivity index (χ1n) is 9.83. The minimum absolute atomic E-state index is 0.354. The third-order valence-electron chi connectivity index (χ3n) is 5.37. The number of halogens is 2. The molecule has 4 rings (SSSR count). The number of aromatic nitrogens is 3. The van der Waals surface area contributed by atoms with Crippen molar-refractivity contribution in [2.24, 2.45) is 0 Å². The first kappa shape index (κ1) is 20.2. The van der Waals surface area contributed by atoms with Gasteiger partial charge in [-0.05, 0) is 44.5 Å². The minimum atomic E-state index is 0.354. The van der Waals surface area contributed by atoms with Gasteiger partial charge < -0.3 is 4.74 Å². The molecule has 0 saturated carbocycles. The van der Waals surface area contributed by atoms with Crippen molar-refractivity contribution in [3.63, 3.8) is 0 Å². The van der Waals surface area contributed by atoms with Gasteiger partial charge >= 0.3 is 0 Å². The van der Waals surface area contributed by atoms with E-state index in [0.29, 0.717) is 28.7 Å². The van der Waals surface area contributed by atoms with Crippen molar-refractivity contribution in [3.8, 4) is 17.0 Å². The van der Waals surface area contributed by atoms with Crippen LogP contribution in [0.1, 0.15) is 31.9 Å². The number of likely N-dealkylation sites (tertiary alicyclic amines) is 1. The predicted octanol–water partition coefficient (Wildman–Crippen LogP) is 5.49. The number of nitrogens with zero attached hydrogens (tertiary/aromatic N) is 4. The molecule has 1 unspecified atom stereocenters. The van der Waals surface area contributed by atoms with E-state index in [1.54, 1.807) is 6.07 Å². The highest BCUT2D eigenvalue weighted by Crippen LogP contribution is 2.31. The molecule has 1 saturated heterocycles. The molecule has 5 nitrogen and oxygen atoms in total. The van der Waals surface area contributed by atoms with Crippen molar-refractivity contribution < 1.29 is 4.74 Å². The Kier molecular flexibility index (Phi) is 6.09. The molecule has 0 aliphatic carbocycles. The van der Waals surface area contributed by atoms with E-state index in [9.17, 15) is 0 Å². The molecule has 1 atom stereocenters. The molecule has 1 aliphatic rings. The van der Waals surface area contributed by atoms with E-state index >= 15 is 0 Å². The zero-order chi connectivity index (χ0) is 20.4. The third kappa shape index (κ3) is 4.58. The van der Waals surface area contributed by atoms with Gasteiger partial charge in [0.1, 0.15) is 18.1 Å². The standard InChI is InChI=1S/C22H24Cl2N4O/c1-15(2)27-10-9-18(12-27)28-13-21(25-26-28)19-5-3-4-6-22(19)29-14-16-7-8-17(23)11-20(16)24/h3-8,11,13,15,18H,9-10,12,14H2,1-2H3. The molecule has 0 radical (unpaired) electrons. The Morgan fingerprint density at radius 1 is 1.17 bits per heavy atom. The van der Waals surface area contributed by atoms with E-state index < -0.39 is 0 Å². The van der Waals surface area contributed by atoms with Gasteiger partial charge in [-0.2, -0.15) is 0 Å². The van der Waals surface area contributed by atoms with Crippen LogP contribution in [0.3, 0.4) is 0 Å². The Bertz CT molecular complexity index is 988. The minimum Gasteiger partial charge on any atom is -0.488 e. The fourth-order valence-electron chi connectivity index (χ4n) is 3.63. The molecule has 0 amide bonds. The van der Waals surface area contributed by atoms with Crippen LogP contribution in [0.25, 0.3) is 11.3 Å². The lowest BCUT2D eigenvalue weighted by Crippen LogP contribution is -2.28. The van der Waals surface area contributed by atoms with Crippen LogP contribution in [0.15, 0.2) is 48.7 Å². The Morgan fingerprint density at radius 2 is 2.00 bits per heavy atom. The summed E-state index contributed by atoms with van der Waals surface area (Å²) in [6.07, 6.45) is 3.11. The summed E-state index contributed by atoms with van der Waals surface area (Å²) in [5.74, 6) is 0.751. The second-order valence-electron chi connectivity index (χ2n) is 7.64. The first-order valence-corrected chi connectivity index (χ1v) is 10.6. The summed E-state index contributed by atoms with van der Waals surface area (Å²) in [7, 11) is 0. The maximum absolute atomic E-state index is 6.27. The molecular weight excluding hydrogens is 407 g/mol. The molecule has 29 heavy (non-hydrogen) atoms. The Balaban J connectivity index is 1.51. The number of hydrogen-bond donors (Lipinski definition) is 0. The largest absolute Gasteiger partial charge is 0.488 e. The predicted molar refractivity (Wildman–Crippen MR) is 117 cm³/mol. The van der Waals surface area contributed by atoms with Gasteiger partial charge in [0.05, 0.1) is 12.2 Å². The molecule has 7 heteroatoms. The van der Waals surface area contributed by atoms with Gasteiger partial charge in [0.2, 0.25) is 0 Å². The van der Waals surface area contributed by atoms with Crippen LogP contribution in [-0.2, 0) is 6.61 Å². The van der Waals surface area contributed by atoms with Crippen LogP contribution < -0.4 is 4.74 Å². The van der Waals surface area contributed by atoms with Crippen molar-refractivity contribution in [2.45, 2.75) is 39.0 Å².